The summed E-state index contributed by atoms with van der Waals surface area (Å²) in [5.74, 6) is -4.22. The van der Waals surface area contributed by atoms with Gasteiger partial charge in [-0.1, -0.05) is 6.07 Å². The molecule has 1 N–H and O–H groups in total. The Morgan fingerprint density at radius 1 is 1.00 bits per heavy atom. The normalized spacial score (nSPS) is 11.5. The Bertz CT molecular complexity index is 798. The SMILES string of the molecule is CC(=O)c1ccc(NC(=O)[C@@H](C)OC(=O)c2c(F)cccc2F)cc1. The third-order valence-corrected chi connectivity index (χ3v) is 3.38. The molecular weight excluding hydrogens is 332 g/mol. The summed E-state index contributed by atoms with van der Waals surface area (Å²) in [5.41, 5.74) is 0.00966. The zero-order chi connectivity index (χ0) is 18.6. The first-order valence-electron chi connectivity index (χ1n) is 7.36. The molecule has 0 radical (unpaired) electrons. The van der Waals surface area contributed by atoms with Gasteiger partial charge >= 0.3 is 5.97 Å². The van der Waals surface area contributed by atoms with Crippen LogP contribution in [-0.4, -0.2) is 23.8 Å². The molecule has 0 unspecified atom stereocenters. The van der Waals surface area contributed by atoms with Crippen LogP contribution in [0.1, 0.15) is 34.6 Å². The van der Waals surface area contributed by atoms with Gasteiger partial charge in [-0.3, -0.25) is 9.59 Å². The molecule has 0 aliphatic carbocycles. The molecule has 5 nitrogen and oxygen atoms in total. The van der Waals surface area contributed by atoms with Gasteiger partial charge < -0.3 is 10.1 Å². The first kappa shape index (κ1) is 18.3. The van der Waals surface area contributed by atoms with Crippen LogP contribution in [0.2, 0.25) is 0 Å². The van der Waals surface area contributed by atoms with Crippen molar-refractivity contribution >= 4 is 23.3 Å². The highest BCUT2D eigenvalue weighted by molar-refractivity contribution is 5.98. The second kappa shape index (κ2) is 7.65. The number of Topliss-reactive ketones (excluding diaryl/α,β-unsaturated/α-hetero) is 1. The number of esters is 1. The number of hydrogen-bond donors (Lipinski definition) is 1. The Morgan fingerprint density at radius 2 is 1.56 bits per heavy atom. The molecule has 25 heavy (non-hydrogen) atoms. The van der Waals surface area contributed by atoms with Gasteiger partial charge in [-0.05, 0) is 50.2 Å². The number of ketones is 1. The zero-order valence-electron chi connectivity index (χ0n) is 13.5. The smallest absolute Gasteiger partial charge is 0.344 e. The van der Waals surface area contributed by atoms with E-state index in [-0.39, 0.29) is 5.78 Å². The largest absolute Gasteiger partial charge is 0.449 e. The third-order valence-electron chi connectivity index (χ3n) is 3.38. The van der Waals surface area contributed by atoms with Gasteiger partial charge in [-0.2, -0.15) is 0 Å². The maximum absolute atomic E-state index is 13.5. The number of ether oxygens (including phenoxy) is 1. The standard InChI is InChI=1S/C18H15F2NO4/c1-10(22)12-6-8-13(9-7-12)21-17(23)11(2)25-18(24)16-14(19)4-3-5-15(16)20/h3-9,11H,1-2H3,(H,21,23)/t11-/m1/s1. The fourth-order valence-electron chi connectivity index (χ4n) is 2.00. The van der Waals surface area contributed by atoms with Crippen molar-refractivity contribution < 1.29 is 27.9 Å². The Hall–Kier alpha value is -3.09. The van der Waals surface area contributed by atoms with Gasteiger partial charge in [-0.25, -0.2) is 13.6 Å². The predicted molar refractivity (Wildman–Crippen MR) is 86.3 cm³/mol. The number of rotatable bonds is 5. The van der Waals surface area contributed by atoms with E-state index in [4.69, 9.17) is 4.74 Å². The molecule has 0 aromatic heterocycles. The van der Waals surface area contributed by atoms with Crippen molar-refractivity contribution in [3.05, 3.63) is 65.2 Å². The summed E-state index contributed by atoms with van der Waals surface area (Å²) in [6.07, 6.45) is -1.28. The number of nitrogens with one attached hydrogen (secondary N) is 1. The van der Waals surface area contributed by atoms with Crippen LogP contribution in [0.15, 0.2) is 42.5 Å². The highest BCUT2D eigenvalue weighted by Gasteiger charge is 2.24. The highest BCUT2D eigenvalue weighted by Crippen LogP contribution is 2.15. The van der Waals surface area contributed by atoms with Crippen molar-refractivity contribution in [2.24, 2.45) is 0 Å². The molecule has 0 aliphatic rings. The molecule has 2 aromatic carbocycles. The van der Waals surface area contributed by atoms with Gasteiger partial charge in [0, 0.05) is 11.3 Å². The fraction of sp³-hybridized carbons (Fsp3) is 0.167. The topological polar surface area (TPSA) is 72.5 Å². The van der Waals surface area contributed by atoms with E-state index in [1.54, 1.807) is 0 Å². The minimum Gasteiger partial charge on any atom is -0.449 e. The molecule has 0 saturated heterocycles. The summed E-state index contributed by atoms with van der Waals surface area (Å²) >= 11 is 0. The van der Waals surface area contributed by atoms with Crippen LogP contribution < -0.4 is 5.32 Å². The lowest BCUT2D eigenvalue weighted by Gasteiger charge is -2.14. The quantitative estimate of drug-likeness (QED) is 0.665. The fourth-order valence-corrected chi connectivity index (χ4v) is 2.00. The summed E-state index contributed by atoms with van der Waals surface area (Å²) in [7, 11) is 0. The van der Waals surface area contributed by atoms with Crippen LogP contribution in [0, 0.1) is 11.6 Å². The number of amides is 1. The molecule has 130 valence electrons. The van der Waals surface area contributed by atoms with E-state index >= 15 is 0 Å². The minimum absolute atomic E-state index is 0.118. The summed E-state index contributed by atoms with van der Waals surface area (Å²) in [4.78, 5) is 35.1. The molecule has 7 heteroatoms. The van der Waals surface area contributed by atoms with E-state index in [0.717, 1.165) is 18.2 Å². The van der Waals surface area contributed by atoms with Crippen LogP contribution in [0.5, 0.6) is 0 Å². The molecule has 2 rings (SSSR count). The van der Waals surface area contributed by atoms with Gasteiger partial charge in [0.15, 0.2) is 11.9 Å². The number of carbonyl (C=O) groups is 3. The van der Waals surface area contributed by atoms with Gasteiger partial charge in [0.2, 0.25) is 0 Å². The van der Waals surface area contributed by atoms with Crippen molar-refractivity contribution in [3.8, 4) is 0 Å². The van der Waals surface area contributed by atoms with Gasteiger partial charge in [-0.15, -0.1) is 0 Å². The monoisotopic (exact) mass is 347 g/mol. The van der Waals surface area contributed by atoms with Crippen molar-refractivity contribution in [2.75, 3.05) is 5.32 Å². The number of benzene rings is 2. The van der Waals surface area contributed by atoms with Crippen LogP contribution in [0.25, 0.3) is 0 Å². The zero-order valence-corrected chi connectivity index (χ0v) is 13.5. The summed E-state index contributed by atoms with van der Waals surface area (Å²) < 4.78 is 31.9. The summed E-state index contributed by atoms with van der Waals surface area (Å²) in [6.45, 7) is 2.69. The molecule has 0 heterocycles. The van der Waals surface area contributed by atoms with E-state index in [1.807, 2.05) is 0 Å². The minimum atomic E-state index is -1.28. The van der Waals surface area contributed by atoms with Crippen molar-refractivity contribution in [3.63, 3.8) is 0 Å². The maximum atomic E-state index is 13.5. The van der Waals surface area contributed by atoms with Gasteiger partial charge in [0.1, 0.15) is 17.2 Å². The number of carbonyl (C=O) groups excluding carboxylic acids is 3. The van der Waals surface area contributed by atoms with Crippen LogP contribution in [0.4, 0.5) is 14.5 Å². The summed E-state index contributed by atoms with van der Waals surface area (Å²) in [5, 5.41) is 2.48. The van der Waals surface area contributed by atoms with E-state index in [0.29, 0.717) is 11.3 Å². The average Bonchev–Trinajstić information content (AvgIpc) is 2.55. The number of anilines is 1. The van der Waals surface area contributed by atoms with Crippen LogP contribution >= 0.6 is 0 Å². The van der Waals surface area contributed by atoms with E-state index < -0.39 is 35.2 Å². The molecular formula is C18H15F2NO4. The predicted octanol–water partition coefficient (Wildman–Crippen LogP) is 3.35. The molecule has 0 aliphatic heterocycles. The second-order valence-electron chi connectivity index (χ2n) is 5.27. The first-order valence-corrected chi connectivity index (χ1v) is 7.36. The maximum Gasteiger partial charge on any atom is 0.344 e. The Morgan fingerprint density at radius 3 is 2.08 bits per heavy atom. The van der Waals surface area contributed by atoms with Crippen LogP contribution in [-0.2, 0) is 9.53 Å². The highest BCUT2D eigenvalue weighted by atomic mass is 19.1. The molecule has 0 fully saturated rings. The van der Waals surface area contributed by atoms with Crippen molar-refractivity contribution in [2.45, 2.75) is 20.0 Å². The Kier molecular flexibility index (Phi) is 5.59. The average molecular weight is 347 g/mol. The summed E-state index contributed by atoms with van der Waals surface area (Å²) in [6, 6.07) is 9.04. The first-order chi connectivity index (χ1) is 11.8. The van der Waals surface area contributed by atoms with Gasteiger partial charge in [0.25, 0.3) is 5.91 Å². The molecule has 1 atom stereocenters. The van der Waals surface area contributed by atoms with Crippen molar-refractivity contribution in [1.82, 2.24) is 0 Å². The molecule has 0 saturated carbocycles. The molecule has 0 spiro atoms. The second-order valence-corrected chi connectivity index (χ2v) is 5.27. The molecule has 2 aromatic rings. The Balaban J connectivity index is 2.02. The molecule has 1 amide bonds. The Labute approximate surface area is 142 Å². The van der Waals surface area contributed by atoms with Gasteiger partial charge in [0.05, 0.1) is 0 Å². The van der Waals surface area contributed by atoms with E-state index in [2.05, 4.69) is 5.32 Å². The third kappa shape index (κ3) is 4.47. The lowest BCUT2D eigenvalue weighted by atomic mass is 10.1. The van der Waals surface area contributed by atoms with E-state index in [1.165, 1.54) is 38.1 Å². The van der Waals surface area contributed by atoms with Crippen molar-refractivity contribution in [1.29, 1.82) is 0 Å². The lowest BCUT2D eigenvalue weighted by molar-refractivity contribution is -0.123. The number of halogens is 2. The molecule has 0 bridgehead atoms. The van der Waals surface area contributed by atoms with Crippen LogP contribution in [0.3, 0.4) is 0 Å². The number of hydrogen-bond acceptors (Lipinski definition) is 4. The van der Waals surface area contributed by atoms with E-state index in [9.17, 15) is 23.2 Å². The lowest BCUT2D eigenvalue weighted by Crippen LogP contribution is -2.30.